The van der Waals surface area contributed by atoms with Gasteiger partial charge in [0.05, 0.1) is 19.8 Å². The zero-order valence-corrected chi connectivity index (χ0v) is 8.05. The third kappa shape index (κ3) is 1.75. The molecule has 0 saturated carbocycles. The Morgan fingerprint density at radius 3 is 2.38 bits per heavy atom. The van der Waals surface area contributed by atoms with Crippen LogP contribution in [0.2, 0.25) is 0 Å². The second-order valence-corrected chi connectivity index (χ2v) is 2.69. The van der Waals surface area contributed by atoms with Gasteiger partial charge < -0.3 is 9.47 Å². The van der Waals surface area contributed by atoms with Crippen molar-refractivity contribution in [2.24, 2.45) is 0 Å². The highest BCUT2D eigenvalue weighted by Gasteiger charge is 2.08. The van der Waals surface area contributed by atoms with E-state index in [0.29, 0.717) is 11.5 Å². The van der Waals surface area contributed by atoms with Crippen LogP contribution in [0.25, 0.3) is 0 Å². The summed E-state index contributed by atoms with van der Waals surface area (Å²) in [6.45, 7) is 1.96. The van der Waals surface area contributed by atoms with Crippen molar-refractivity contribution in [2.75, 3.05) is 14.2 Å². The lowest BCUT2D eigenvalue weighted by molar-refractivity contribution is 0.354. The van der Waals surface area contributed by atoms with Gasteiger partial charge in [-0.3, -0.25) is 0 Å². The molecule has 0 bridgehead atoms. The van der Waals surface area contributed by atoms with Gasteiger partial charge in [0.15, 0.2) is 11.5 Å². The van der Waals surface area contributed by atoms with Crippen LogP contribution in [0.15, 0.2) is 12.1 Å². The van der Waals surface area contributed by atoms with Gasteiger partial charge in [0.25, 0.3) is 0 Å². The number of ether oxygens (including phenoxy) is 2. The Morgan fingerprint density at radius 2 is 1.92 bits per heavy atom. The fourth-order valence-corrected chi connectivity index (χ4v) is 1.21. The standard InChI is InChI=1S/C11H12O2/c1-5-9-6-8(2)7-10(12-3)11(9)13-4/h1,6-7H,2-4H3. The molecule has 0 radical (unpaired) electrons. The van der Waals surface area contributed by atoms with E-state index in [9.17, 15) is 0 Å². The zero-order chi connectivity index (χ0) is 9.84. The van der Waals surface area contributed by atoms with Crippen LogP contribution in [0.5, 0.6) is 11.5 Å². The molecule has 1 aromatic rings. The number of rotatable bonds is 2. The fraction of sp³-hybridized carbons (Fsp3) is 0.273. The van der Waals surface area contributed by atoms with Gasteiger partial charge in [0, 0.05) is 0 Å². The highest BCUT2D eigenvalue weighted by molar-refractivity contribution is 5.55. The van der Waals surface area contributed by atoms with E-state index >= 15 is 0 Å². The molecule has 2 heteroatoms. The second-order valence-electron chi connectivity index (χ2n) is 2.69. The summed E-state index contributed by atoms with van der Waals surface area (Å²) >= 11 is 0. The highest BCUT2D eigenvalue weighted by atomic mass is 16.5. The Balaban J connectivity index is 3.36. The van der Waals surface area contributed by atoms with E-state index in [2.05, 4.69) is 5.92 Å². The number of methoxy groups -OCH3 is 2. The fourth-order valence-electron chi connectivity index (χ4n) is 1.21. The Hall–Kier alpha value is -1.62. The first kappa shape index (κ1) is 9.47. The van der Waals surface area contributed by atoms with Crippen molar-refractivity contribution in [1.82, 2.24) is 0 Å². The molecule has 1 rings (SSSR count). The third-order valence-corrected chi connectivity index (χ3v) is 1.78. The molecule has 0 aliphatic rings. The minimum Gasteiger partial charge on any atom is -0.493 e. The SMILES string of the molecule is C#Cc1cc(C)cc(OC)c1OC. The molecular weight excluding hydrogens is 164 g/mol. The number of benzene rings is 1. The molecular formula is C11H12O2. The summed E-state index contributed by atoms with van der Waals surface area (Å²) in [4.78, 5) is 0. The van der Waals surface area contributed by atoms with Crippen LogP contribution in [0.4, 0.5) is 0 Å². The lowest BCUT2D eigenvalue weighted by Gasteiger charge is -2.10. The minimum atomic E-state index is 0.621. The Labute approximate surface area is 78.5 Å². The Morgan fingerprint density at radius 1 is 1.23 bits per heavy atom. The molecule has 0 aromatic heterocycles. The summed E-state index contributed by atoms with van der Waals surface area (Å²) in [7, 11) is 3.17. The molecule has 0 saturated heterocycles. The first-order valence-corrected chi connectivity index (χ1v) is 3.92. The van der Waals surface area contributed by atoms with Crippen molar-refractivity contribution in [3.8, 4) is 23.8 Å². The topological polar surface area (TPSA) is 18.5 Å². The molecule has 1 aromatic carbocycles. The largest absolute Gasteiger partial charge is 0.493 e. The van der Waals surface area contributed by atoms with E-state index in [1.165, 1.54) is 0 Å². The van der Waals surface area contributed by atoms with E-state index in [4.69, 9.17) is 15.9 Å². The third-order valence-electron chi connectivity index (χ3n) is 1.78. The van der Waals surface area contributed by atoms with E-state index < -0.39 is 0 Å². The monoisotopic (exact) mass is 176 g/mol. The maximum absolute atomic E-state index is 5.33. The van der Waals surface area contributed by atoms with Crippen molar-refractivity contribution in [3.63, 3.8) is 0 Å². The van der Waals surface area contributed by atoms with Crippen LogP contribution in [0.1, 0.15) is 11.1 Å². The summed E-state index contributed by atoms with van der Waals surface area (Å²) in [5.74, 6) is 3.85. The average Bonchev–Trinajstić information content (AvgIpc) is 2.16. The van der Waals surface area contributed by atoms with Crippen molar-refractivity contribution >= 4 is 0 Å². The molecule has 0 aliphatic carbocycles. The van der Waals surface area contributed by atoms with Gasteiger partial charge in [-0.2, -0.15) is 0 Å². The second kappa shape index (κ2) is 3.86. The van der Waals surface area contributed by atoms with E-state index in [1.807, 2.05) is 19.1 Å². The molecule has 0 aliphatic heterocycles. The van der Waals surface area contributed by atoms with Crippen LogP contribution in [-0.2, 0) is 0 Å². The van der Waals surface area contributed by atoms with Gasteiger partial charge in [-0.1, -0.05) is 5.92 Å². The van der Waals surface area contributed by atoms with Gasteiger partial charge in [-0.05, 0) is 24.6 Å². The normalized spacial score (nSPS) is 9.08. The summed E-state index contributed by atoms with van der Waals surface area (Å²) in [5, 5.41) is 0. The van der Waals surface area contributed by atoms with Crippen LogP contribution in [0, 0.1) is 19.3 Å². The number of aryl methyl sites for hydroxylation is 1. The van der Waals surface area contributed by atoms with Gasteiger partial charge in [0.1, 0.15) is 0 Å². The molecule has 0 atom stereocenters. The quantitative estimate of drug-likeness (QED) is 0.641. The van der Waals surface area contributed by atoms with Crippen LogP contribution in [-0.4, -0.2) is 14.2 Å². The first-order valence-electron chi connectivity index (χ1n) is 3.92. The van der Waals surface area contributed by atoms with E-state index in [0.717, 1.165) is 11.1 Å². The summed E-state index contributed by atoms with van der Waals surface area (Å²) < 4.78 is 10.3. The van der Waals surface area contributed by atoms with Gasteiger partial charge >= 0.3 is 0 Å². The van der Waals surface area contributed by atoms with Crippen molar-refractivity contribution in [1.29, 1.82) is 0 Å². The van der Waals surface area contributed by atoms with Crippen LogP contribution < -0.4 is 9.47 Å². The average molecular weight is 176 g/mol. The summed E-state index contributed by atoms with van der Waals surface area (Å²) in [6.07, 6.45) is 5.33. The molecule has 68 valence electrons. The molecule has 0 N–H and O–H groups in total. The lowest BCUT2D eigenvalue weighted by Crippen LogP contribution is -1.94. The minimum absolute atomic E-state index is 0.621. The van der Waals surface area contributed by atoms with Crippen molar-refractivity contribution in [2.45, 2.75) is 6.92 Å². The molecule has 2 nitrogen and oxygen atoms in total. The highest BCUT2D eigenvalue weighted by Crippen LogP contribution is 2.31. The van der Waals surface area contributed by atoms with E-state index in [-0.39, 0.29) is 0 Å². The predicted molar refractivity (Wildman–Crippen MR) is 52.2 cm³/mol. The van der Waals surface area contributed by atoms with Gasteiger partial charge in [-0.25, -0.2) is 0 Å². The van der Waals surface area contributed by atoms with Crippen molar-refractivity contribution < 1.29 is 9.47 Å². The molecule has 0 unspecified atom stereocenters. The number of terminal acetylenes is 1. The van der Waals surface area contributed by atoms with E-state index in [1.54, 1.807) is 14.2 Å². The Bertz CT molecular complexity index is 348. The first-order chi connectivity index (χ1) is 6.22. The molecule has 0 heterocycles. The van der Waals surface area contributed by atoms with Crippen LogP contribution in [0.3, 0.4) is 0 Å². The van der Waals surface area contributed by atoms with Crippen LogP contribution >= 0.6 is 0 Å². The smallest absolute Gasteiger partial charge is 0.176 e. The van der Waals surface area contributed by atoms with Crippen molar-refractivity contribution in [3.05, 3.63) is 23.3 Å². The lowest BCUT2D eigenvalue weighted by atomic mass is 10.1. The molecule has 13 heavy (non-hydrogen) atoms. The zero-order valence-electron chi connectivity index (χ0n) is 8.05. The number of hydrogen-bond donors (Lipinski definition) is 0. The maximum Gasteiger partial charge on any atom is 0.176 e. The summed E-state index contributed by atoms with van der Waals surface area (Å²) in [6, 6.07) is 3.78. The van der Waals surface area contributed by atoms with Gasteiger partial charge in [0.2, 0.25) is 0 Å². The van der Waals surface area contributed by atoms with Gasteiger partial charge in [-0.15, -0.1) is 6.42 Å². The Kier molecular flexibility index (Phi) is 2.81. The maximum atomic E-state index is 5.33. The predicted octanol–water partition coefficient (Wildman–Crippen LogP) is 1.99. The molecule has 0 amide bonds. The molecule has 0 spiro atoms. The number of hydrogen-bond acceptors (Lipinski definition) is 2. The molecule has 0 fully saturated rings. The summed E-state index contributed by atoms with van der Waals surface area (Å²) in [5.41, 5.74) is 1.78.